The summed E-state index contributed by atoms with van der Waals surface area (Å²) >= 11 is 0. The number of hydrogen-bond donors (Lipinski definition) is 2. The van der Waals surface area contributed by atoms with E-state index in [2.05, 4.69) is 55.3 Å². The van der Waals surface area contributed by atoms with Gasteiger partial charge in [0, 0.05) is 42.1 Å². The average Bonchev–Trinajstić information content (AvgIpc) is 3.53. The van der Waals surface area contributed by atoms with Gasteiger partial charge in [-0.1, -0.05) is 30.3 Å². The number of halogens is 1. The van der Waals surface area contributed by atoms with Gasteiger partial charge in [0.25, 0.3) is 0 Å². The molecule has 2 N–H and O–H groups in total. The summed E-state index contributed by atoms with van der Waals surface area (Å²) < 4.78 is 16.7. The number of benzene rings is 3. The average molecular weight is 521 g/mol. The summed E-state index contributed by atoms with van der Waals surface area (Å²) in [6.45, 7) is 1.03. The fourth-order valence-electron chi connectivity index (χ4n) is 5.31. The van der Waals surface area contributed by atoms with Crippen molar-refractivity contribution in [1.82, 2.24) is 19.4 Å². The van der Waals surface area contributed by atoms with Gasteiger partial charge in [-0.2, -0.15) is 0 Å². The summed E-state index contributed by atoms with van der Waals surface area (Å²) in [4.78, 5) is 24.4. The van der Waals surface area contributed by atoms with Crippen LogP contribution >= 0.6 is 0 Å². The minimum atomic E-state index is -0.387. The fourth-order valence-corrected chi connectivity index (χ4v) is 5.31. The zero-order valence-corrected chi connectivity index (χ0v) is 21.9. The maximum absolute atomic E-state index is 14.6. The van der Waals surface area contributed by atoms with Crippen LogP contribution in [-0.2, 0) is 11.8 Å². The highest BCUT2D eigenvalue weighted by molar-refractivity contribution is 6.12. The van der Waals surface area contributed by atoms with Crippen LogP contribution in [-0.4, -0.2) is 45.0 Å². The number of carbonyl (C=O) groups excluding carboxylic acids is 1. The number of anilines is 3. The number of para-hydroxylation sites is 1. The van der Waals surface area contributed by atoms with E-state index < -0.39 is 0 Å². The highest BCUT2D eigenvalue weighted by Gasteiger charge is 2.20. The normalized spacial score (nSPS) is 15.9. The van der Waals surface area contributed by atoms with Crippen LogP contribution in [0, 0.1) is 5.82 Å². The van der Waals surface area contributed by atoms with Crippen LogP contribution in [0.4, 0.5) is 21.6 Å². The lowest BCUT2D eigenvalue weighted by Gasteiger charge is -2.17. The van der Waals surface area contributed by atoms with Crippen molar-refractivity contribution in [1.29, 1.82) is 0 Å². The van der Waals surface area contributed by atoms with Crippen molar-refractivity contribution in [3.8, 4) is 11.1 Å². The highest BCUT2D eigenvalue weighted by atomic mass is 19.1. The van der Waals surface area contributed by atoms with Gasteiger partial charge in [0.1, 0.15) is 18.0 Å². The molecule has 0 unspecified atom stereocenters. The number of aromatic nitrogens is 3. The SMILES string of the molecule is CN1CCC[C@@H]1/C=C/C(=O)Nc1ccc2ncnc(Nc3ccccc3F)c2c1-c1ccc2ccn(C)c2c1. The largest absolute Gasteiger partial charge is 0.351 e. The molecule has 196 valence electrons. The molecule has 0 radical (unpaired) electrons. The predicted molar refractivity (Wildman–Crippen MR) is 155 cm³/mol. The van der Waals surface area contributed by atoms with Gasteiger partial charge in [-0.3, -0.25) is 9.69 Å². The quantitative estimate of drug-likeness (QED) is 0.259. The van der Waals surface area contributed by atoms with E-state index in [0.29, 0.717) is 28.1 Å². The Kier molecular flexibility index (Phi) is 6.54. The van der Waals surface area contributed by atoms with E-state index >= 15 is 0 Å². The Morgan fingerprint density at radius 3 is 2.74 bits per heavy atom. The number of nitrogens with zero attached hydrogens (tertiary/aromatic N) is 4. The molecule has 0 spiro atoms. The number of fused-ring (bicyclic) bond motifs is 2. The lowest BCUT2D eigenvalue weighted by Crippen LogP contribution is -2.23. The summed E-state index contributed by atoms with van der Waals surface area (Å²) in [5.41, 5.74) is 4.29. The van der Waals surface area contributed by atoms with E-state index in [0.717, 1.165) is 41.4 Å². The first-order chi connectivity index (χ1) is 19.0. The summed E-state index contributed by atoms with van der Waals surface area (Å²) in [7, 11) is 4.07. The Balaban J connectivity index is 1.49. The van der Waals surface area contributed by atoms with Gasteiger partial charge in [-0.25, -0.2) is 14.4 Å². The smallest absolute Gasteiger partial charge is 0.248 e. The van der Waals surface area contributed by atoms with E-state index in [1.165, 1.54) is 12.4 Å². The van der Waals surface area contributed by atoms with Gasteiger partial charge in [0.15, 0.2) is 0 Å². The molecule has 0 bridgehead atoms. The molecule has 1 fully saturated rings. The molecule has 2 aromatic heterocycles. The third-order valence-corrected chi connectivity index (χ3v) is 7.41. The topological polar surface area (TPSA) is 75.1 Å². The van der Waals surface area contributed by atoms with Crippen LogP contribution in [0.25, 0.3) is 32.9 Å². The molecule has 6 rings (SSSR count). The number of likely N-dealkylation sites (N-methyl/N-ethyl adjacent to an activating group) is 1. The summed E-state index contributed by atoms with van der Waals surface area (Å²) in [6.07, 6.45) is 9.21. The summed E-state index contributed by atoms with van der Waals surface area (Å²) in [6, 6.07) is 18.7. The van der Waals surface area contributed by atoms with Gasteiger partial charge in [-0.05, 0) is 73.8 Å². The molecule has 1 aliphatic heterocycles. The standard InChI is InChI=1S/C31H29FN6O/c1-37-16-5-6-22(37)11-14-28(39)35-26-13-12-25-30(29(26)21-10-9-20-15-17-38(2)27(20)18-21)31(34-19-33-25)36-24-8-4-3-7-23(24)32/h3-4,7-15,17-19,22H,5-6,16H2,1-2H3,(H,35,39)(H,33,34,36)/b14-11+/t22-/m1/s1. The first-order valence-corrected chi connectivity index (χ1v) is 13.0. The Bertz CT molecular complexity index is 1730. The first-order valence-electron chi connectivity index (χ1n) is 13.0. The molecule has 1 aliphatic rings. The van der Waals surface area contributed by atoms with Crippen molar-refractivity contribution in [3.63, 3.8) is 0 Å². The molecule has 8 heteroatoms. The first kappa shape index (κ1) is 24.8. The van der Waals surface area contributed by atoms with Crippen LogP contribution in [0.15, 0.2) is 85.3 Å². The Morgan fingerprint density at radius 2 is 1.92 bits per heavy atom. The summed E-state index contributed by atoms with van der Waals surface area (Å²) in [5, 5.41) is 8.04. The summed E-state index contributed by atoms with van der Waals surface area (Å²) in [5.74, 6) is -0.148. The minimum Gasteiger partial charge on any atom is -0.351 e. The molecule has 3 aromatic carbocycles. The number of hydrogen-bond acceptors (Lipinski definition) is 5. The number of rotatable bonds is 6. The van der Waals surface area contributed by atoms with E-state index in [4.69, 9.17) is 0 Å². The second-order valence-corrected chi connectivity index (χ2v) is 9.95. The second-order valence-electron chi connectivity index (χ2n) is 9.95. The van der Waals surface area contributed by atoms with Gasteiger partial charge in [0.05, 0.1) is 16.6 Å². The van der Waals surface area contributed by atoms with Crippen molar-refractivity contribution >= 4 is 44.9 Å². The lowest BCUT2D eigenvalue weighted by atomic mass is 9.97. The maximum Gasteiger partial charge on any atom is 0.248 e. The van der Waals surface area contributed by atoms with Gasteiger partial charge >= 0.3 is 0 Å². The monoisotopic (exact) mass is 520 g/mol. The van der Waals surface area contributed by atoms with Crippen LogP contribution in [0.5, 0.6) is 0 Å². The maximum atomic E-state index is 14.6. The lowest BCUT2D eigenvalue weighted by molar-refractivity contribution is -0.111. The van der Waals surface area contributed by atoms with Gasteiger partial charge in [-0.15, -0.1) is 0 Å². The van der Waals surface area contributed by atoms with Crippen molar-refractivity contribution < 1.29 is 9.18 Å². The van der Waals surface area contributed by atoms with Crippen LogP contribution in [0.1, 0.15) is 12.8 Å². The highest BCUT2D eigenvalue weighted by Crippen LogP contribution is 2.40. The Hall–Kier alpha value is -4.56. The zero-order chi connectivity index (χ0) is 26.9. The van der Waals surface area contributed by atoms with E-state index in [1.807, 2.05) is 37.5 Å². The molecule has 1 atom stereocenters. The Labute approximate surface area is 226 Å². The van der Waals surface area contributed by atoms with E-state index in [9.17, 15) is 9.18 Å². The number of carbonyl (C=O) groups is 1. The third-order valence-electron chi connectivity index (χ3n) is 7.41. The zero-order valence-electron chi connectivity index (χ0n) is 21.9. The van der Waals surface area contributed by atoms with Crippen LogP contribution < -0.4 is 10.6 Å². The van der Waals surface area contributed by atoms with Gasteiger partial charge < -0.3 is 15.2 Å². The molecule has 1 amide bonds. The van der Waals surface area contributed by atoms with E-state index in [1.54, 1.807) is 24.3 Å². The third kappa shape index (κ3) is 4.86. The number of nitrogens with one attached hydrogen (secondary N) is 2. The fraction of sp³-hybridized carbons (Fsp3) is 0.194. The molecule has 0 aliphatic carbocycles. The Morgan fingerprint density at radius 1 is 1.05 bits per heavy atom. The van der Waals surface area contributed by atoms with Crippen LogP contribution in [0.3, 0.4) is 0 Å². The molecular weight excluding hydrogens is 491 g/mol. The van der Waals surface area contributed by atoms with Crippen LogP contribution in [0.2, 0.25) is 0 Å². The predicted octanol–water partition coefficient (Wildman–Crippen LogP) is 6.26. The molecule has 0 saturated carbocycles. The molecule has 5 aromatic rings. The van der Waals surface area contributed by atoms with E-state index in [-0.39, 0.29) is 17.8 Å². The number of aryl methyl sites for hydroxylation is 1. The molecule has 1 saturated heterocycles. The number of likely N-dealkylation sites (tertiary alicyclic amines) is 1. The minimum absolute atomic E-state index is 0.212. The number of amides is 1. The van der Waals surface area contributed by atoms with Crippen molar-refractivity contribution in [2.24, 2.45) is 7.05 Å². The molecule has 3 heterocycles. The van der Waals surface area contributed by atoms with Crippen molar-refractivity contribution in [2.75, 3.05) is 24.2 Å². The second kappa shape index (κ2) is 10.3. The van der Waals surface area contributed by atoms with Gasteiger partial charge in [0.2, 0.25) is 5.91 Å². The van der Waals surface area contributed by atoms with Crippen molar-refractivity contribution in [2.45, 2.75) is 18.9 Å². The molecule has 39 heavy (non-hydrogen) atoms. The molecule has 7 nitrogen and oxygen atoms in total. The molecular formula is C31H29FN6O. The van der Waals surface area contributed by atoms with Crippen molar-refractivity contribution in [3.05, 3.63) is 91.2 Å².